The highest BCUT2D eigenvalue weighted by molar-refractivity contribution is 5.43. The average molecular weight is 235 g/mol. The molecule has 1 aliphatic heterocycles. The molecule has 0 spiro atoms. The van der Waals surface area contributed by atoms with Crippen molar-refractivity contribution in [1.29, 1.82) is 0 Å². The van der Waals surface area contributed by atoms with Crippen molar-refractivity contribution in [2.45, 2.75) is 13.8 Å². The topological polar surface area (TPSA) is 58.3 Å². The molecule has 0 atom stereocenters. The Morgan fingerprint density at radius 3 is 2.59 bits per heavy atom. The predicted molar refractivity (Wildman–Crippen MR) is 69.2 cm³/mol. The molecule has 1 aliphatic rings. The van der Waals surface area contributed by atoms with E-state index in [0.29, 0.717) is 0 Å². The van der Waals surface area contributed by atoms with Crippen molar-refractivity contribution < 1.29 is 0 Å². The van der Waals surface area contributed by atoms with Crippen LogP contribution in [-0.4, -0.2) is 54.1 Å². The van der Waals surface area contributed by atoms with Crippen LogP contribution in [0.25, 0.3) is 0 Å². The molecule has 1 saturated heterocycles. The lowest BCUT2D eigenvalue weighted by Crippen LogP contribution is -2.48. The first kappa shape index (κ1) is 12.3. The number of aromatic nitrogens is 2. The van der Waals surface area contributed by atoms with Gasteiger partial charge in [0.15, 0.2) is 0 Å². The first-order chi connectivity index (χ1) is 8.20. The van der Waals surface area contributed by atoms with E-state index in [1.165, 1.54) is 0 Å². The molecule has 1 aromatic heterocycles. The van der Waals surface area contributed by atoms with Crippen molar-refractivity contribution >= 4 is 5.82 Å². The smallest absolute Gasteiger partial charge is 0.150 e. The summed E-state index contributed by atoms with van der Waals surface area (Å²) in [6.07, 6.45) is 1.82. The van der Waals surface area contributed by atoms with E-state index in [2.05, 4.69) is 19.8 Å². The lowest BCUT2D eigenvalue weighted by atomic mass is 10.3. The number of rotatable bonds is 3. The molecular formula is C12H21N5. The number of piperazine rings is 1. The number of nitrogens with two attached hydrogens (primary N) is 1. The van der Waals surface area contributed by atoms with Gasteiger partial charge in [-0.25, -0.2) is 4.98 Å². The Balaban J connectivity index is 2.02. The van der Waals surface area contributed by atoms with Crippen molar-refractivity contribution in [2.24, 2.45) is 5.73 Å². The largest absolute Gasteiger partial charge is 0.353 e. The fourth-order valence-corrected chi connectivity index (χ4v) is 2.19. The van der Waals surface area contributed by atoms with Crippen molar-refractivity contribution in [2.75, 3.05) is 44.2 Å². The first-order valence-corrected chi connectivity index (χ1v) is 6.18. The van der Waals surface area contributed by atoms with Gasteiger partial charge in [-0.3, -0.25) is 9.88 Å². The zero-order valence-electron chi connectivity index (χ0n) is 10.7. The van der Waals surface area contributed by atoms with Gasteiger partial charge >= 0.3 is 0 Å². The van der Waals surface area contributed by atoms with Crippen LogP contribution in [0.3, 0.4) is 0 Å². The second-order valence-corrected chi connectivity index (χ2v) is 4.54. The molecule has 2 rings (SSSR count). The second kappa shape index (κ2) is 5.42. The summed E-state index contributed by atoms with van der Waals surface area (Å²) in [4.78, 5) is 13.7. The fourth-order valence-electron chi connectivity index (χ4n) is 2.19. The van der Waals surface area contributed by atoms with E-state index in [0.717, 1.165) is 56.5 Å². The maximum Gasteiger partial charge on any atom is 0.150 e. The number of hydrogen-bond donors (Lipinski definition) is 1. The van der Waals surface area contributed by atoms with E-state index < -0.39 is 0 Å². The van der Waals surface area contributed by atoms with Crippen molar-refractivity contribution in [3.8, 4) is 0 Å². The Kier molecular flexibility index (Phi) is 3.91. The van der Waals surface area contributed by atoms with E-state index in [9.17, 15) is 0 Å². The highest BCUT2D eigenvalue weighted by Crippen LogP contribution is 2.17. The van der Waals surface area contributed by atoms with Gasteiger partial charge in [-0.15, -0.1) is 0 Å². The molecule has 0 aliphatic carbocycles. The molecule has 5 nitrogen and oxygen atoms in total. The standard InChI is InChI=1S/C12H21N5/c1-10-9-14-11(2)12(15-10)17-7-5-16(4-3-13)6-8-17/h9H,3-8,13H2,1-2H3. The Labute approximate surface area is 103 Å². The zero-order valence-corrected chi connectivity index (χ0v) is 10.7. The number of anilines is 1. The maximum absolute atomic E-state index is 5.57. The van der Waals surface area contributed by atoms with E-state index in [1.54, 1.807) is 0 Å². The van der Waals surface area contributed by atoms with Gasteiger partial charge in [-0.05, 0) is 13.8 Å². The monoisotopic (exact) mass is 235 g/mol. The molecule has 0 aromatic carbocycles. The van der Waals surface area contributed by atoms with Crippen molar-refractivity contribution in [3.63, 3.8) is 0 Å². The minimum atomic E-state index is 0.739. The summed E-state index contributed by atoms with van der Waals surface area (Å²) in [5.74, 6) is 1.04. The Morgan fingerprint density at radius 1 is 1.24 bits per heavy atom. The maximum atomic E-state index is 5.57. The predicted octanol–water partition coefficient (Wildman–Crippen LogP) is 0.174. The van der Waals surface area contributed by atoms with Crippen molar-refractivity contribution in [1.82, 2.24) is 14.9 Å². The second-order valence-electron chi connectivity index (χ2n) is 4.54. The molecule has 1 fully saturated rings. The summed E-state index contributed by atoms with van der Waals surface area (Å²) < 4.78 is 0. The van der Waals surface area contributed by atoms with Crippen LogP contribution in [0, 0.1) is 13.8 Å². The third-order valence-corrected chi connectivity index (χ3v) is 3.17. The normalized spacial score (nSPS) is 17.5. The Bertz CT molecular complexity index is 371. The average Bonchev–Trinajstić information content (AvgIpc) is 2.34. The first-order valence-electron chi connectivity index (χ1n) is 6.18. The van der Waals surface area contributed by atoms with Crippen molar-refractivity contribution in [3.05, 3.63) is 17.6 Å². The van der Waals surface area contributed by atoms with Gasteiger partial charge in [0.2, 0.25) is 0 Å². The van der Waals surface area contributed by atoms with Crippen LogP contribution in [0.1, 0.15) is 11.4 Å². The molecular weight excluding hydrogens is 214 g/mol. The van der Waals surface area contributed by atoms with Gasteiger partial charge < -0.3 is 10.6 Å². The molecule has 5 heteroatoms. The molecule has 2 heterocycles. The van der Waals surface area contributed by atoms with Gasteiger partial charge in [0.1, 0.15) is 5.82 Å². The molecule has 17 heavy (non-hydrogen) atoms. The SMILES string of the molecule is Cc1cnc(C)c(N2CCN(CCN)CC2)n1. The van der Waals surface area contributed by atoms with Gasteiger partial charge in [-0.1, -0.05) is 0 Å². The highest BCUT2D eigenvalue weighted by Gasteiger charge is 2.19. The summed E-state index contributed by atoms with van der Waals surface area (Å²) in [6, 6.07) is 0. The lowest BCUT2D eigenvalue weighted by molar-refractivity contribution is 0.264. The van der Waals surface area contributed by atoms with Gasteiger partial charge in [0.25, 0.3) is 0 Å². The minimum absolute atomic E-state index is 0.739. The highest BCUT2D eigenvalue weighted by atomic mass is 15.3. The molecule has 0 saturated carbocycles. The number of hydrogen-bond acceptors (Lipinski definition) is 5. The molecule has 0 unspecified atom stereocenters. The molecule has 1 aromatic rings. The van der Waals surface area contributed by atoms with E-state index in [-0.39, 0.29) is 0 Å². The lowest BCUT2D eigenvalue weighted by Gasteiger charge is -2.35. The zero-order chi connectivity index (χ0) is 12.3. The summed E-state index contributed by atoms with van der Waals surface area (Å²) in [5.41, 5.74) is 7.57. The van der Waals surface area contributed by atoms with E-state index in [1.807, 2.05) is 20.0 Å². The Hall–Kier alpha value is -1.20. The molecule has 94 valence electrons. The third-order valence-electron chi connectivity index (χ3n) is 3.17. The molecule has 2 N–H and O–H groups in total. The minimum Gasteiger partial charge on any atom is -0.353 e. The quantitative estimate of drug-likeness (QED) is 0.809. The fraction of sp³-hybridized carbons (Fsp3) is 0.667. The Morgan fingerprint density at radius 2 is 1.94 bits per heavy atom. The summed E-state index contributed by atoms with van der Waals surface area (Å²) in [5, 5.41) is 0. The van der Waals surface area contributed by atoms with Crippen LogP contribution in [0.15, 0.2) is 6.20 Å². The van der Waals surface area contributed by atoms with Crippen LogP contribution >= 0.6 is 0 Å². The number of nitrogens with zero attached hydrogens (tertiary/aromatic N) is 4. The summed E-state index contributed by atoms with van der Waals surface area (Å²) >= 11 is 0. The van der Waals surface area contributed by atoms with Crippen LogP contribution in [0.2, 0.25) is 0 Å². The van der Waals surface area contributed by atoms with E-state index >= 15 is 0 Å². The molecule has 0 amide bonds. The van der Waals surface area contributed by atoms with Crippen LogP contribution in [-0.2, 0) is 0 Å². The molecule has 0 radical (unpaired) electrons. The van der Waals surface area contributed by atoms with Gasteiger partial charge in [0, 0.05) is 45.5 Å². The van der Waals surface area contributed by atoms with Crippen LogP contribution in [0.5, 0.6) is 0 Å². The summed E-state index contributed by atoms with van der Waals surface area (Å²) in [7, 11) is 0. The number of aryl methyl sites for hydroxylation is 2. The van der Waals surface area contributed by atoms with Gasteiger partial charge in [0.05, 0.1) is 11.4 Å². The third kappa shape index (κ3) is 2.92. The van der Waals surface area contributed by atoms with Crippen LogP contribution < -0.4 is 10.6 Å². The van der Waals surface area contributed by atoms with Crippen LogP contribution in [0.4, 0.5) is 5.82 Å². The summed E-state index contributed by atoms with van der Waals surface area (Å²) in [6.45, 7) is 9.89. The van der Waals surface area contributed by atoms with Gasteiger partial charge in [-0.2, -0.15) is 0 Å². The molecule has 0 bridgehead atoms. The van der Waals surface area contributed by atoms with E-state index in [4.69, 9.17) is 5.73 Å².